The van der Waals surface area contributed by atoms with E-state index in [1.54, 1.807) is 0 Å². The van der Waals surface area contributed by atoms with E-state index in [0.29, 0.717) is 16.6 Å². The molecule has 0 saturated carbocycles. The Kier molecular flexibility index (Phi) is 2.74. The Balaban J connectivity index is 2.80. The molecule has 0 bridgehead atoms. The summed E-state index contributed by atoms with van der Waals surface area (Å²) >= 11 is 4.75. The second kappa shape index (κ2) is 3.87. The summed E-state index contributed by atoms with van der Waals surface area (Å²) in [4.78, 5) is 0. The van der Waals surface area contributed by atoms with E-state index in [4.69, 9.17) is 4.74 Å². The highest BCUT2D eigenvalue weighted by Gasteiger charge is 2.13. The minimum Gasteiger partial charge on any atom is -0.492 e. The van der Waals surface area contributed by atoms with E-state index in [1.165, 1.54) is 18.4 Å². The fourth-order valence-corrected chi connectivity index (χ4v) is 2.70. The van der Waals surface area contributed by atoms with Crippen LogP contribution in [0.4, 0.5) is 4.39 Å². The second-order valence-corrected chi connectivity index (χ2v) is 4.33. The molecule has 0 fully saturated rings. The van der Waals surface area contributed by atoms with Crippen molar-refractivity contribution >= 4 is 37.4 Å². The molecule has 1 heterocycles. The normalized spacial score (nSPS) is 10.8. The molecule has 0 amide bonds. The van der Waals surface area contributed by atoms with E-state index in [9.17, 15) is 4.39 Å². The first kappa shape index (κ1) is 9.93. The van der Waals surface area contributed by atoms with Crippen molar-refractivity contribution in [2.75, 3.05) is 7.11 Å². The first-order chi connectivity index (χ1) is 6.77. The quantitative estimate of drug-likeness (QED) is 0.754. The maximum Gasteiger partial charge on any atom is 0.172 e. The Morgan fingerprint density at radius 3 is 3.00 bits per heavy atom. The van der Waals surface area contributed by atoms with Crippen LogP contribution in [0.3, 0.4) is 0 Å². The predicted molar refractivity (Wildman–Crippen MR) is 61.0 cm³/mol. The summed E-state index contributed by atoms with van der Waals surface area (Å²) in [5.41, 5.74) is 0.632. The highest BCUT2D eigenvalue weighted by molar-refractivity contribution is 9.08. The maximum absolute atomic E-state index is 13.7. The predicted octanol–water partition coefficient (Wildman–Crippen LogP) is 3.94. The number of thiophene rings is 1. The SMILES string of the molecule is COc1c(F)c(CBr)cc2ccsc12. The molecule has 0 unspecified atom stereocenters. The number of rotatable bonds is 2. The van der Waals surface area contributed by atoms with Gasteiger partial charge in [0.15, 0.2) is 11.6 Å². The zero-order valence-corrected chi connectivity index (χ0v) is 9.91. The van der Waals surface area contributed by atoms with Gasteiger partial charge in [-0.1, -0.05) is 15.9 Å². The smallest absolute Gasteiger partial charge is 0.172 e. The van der Waals surface area contributed by atoms with Gasteiger partial charge in [0, 0.05) is 10.9 Å². The van der Waals surface area contributed by atoms with Crippen LogP contribution in [0.2, 0.25) is 0 Å². The standard InChI is InChI=1S/C10H8BrFOS/c1-13-9-8(12)7(5-11)4-6-2-3-14-10(6)9/h2-4H,5H2,1H3. The van der Waals surface area contributed by atoms with E-state index in [0.717, 1.165) is 10.1 Å². The third-order valence-corrected chi connectivity index (χ3v) is 3.59. The van der Waals surface area contributed by atoms with Crippen molar-refractivity contribution < 1.29 is 9.13 Å². The van der Waals surface area contributed by atoms with Crippen molar-refractivity contribution in [3.05, 3.63) is 28.9 Å². The van der Waals surface area contributed by atoms with Crippen LogP contribution in [0.25, 0.3) is 10.1 Å². The van der Waals surface area contributed by atoms with Crippen LogP contribution in [0.15, 0.2) is 17.5 Å². The van der Waals surface area contributed by atoms with Gasteiger partial charge in [0.2, 0.25) is 0 Å². The highest BCUT2D eigenvalue weighted by Crippen LogP contribution is 2.35. The zero-order chi connectivity index (χ0) is 10.1. The lowest BCUT2D eigenvalue weighted by molar-refractivity contribution is 0.391. The summed E-state index contributed by atoms with van der Waals surface area (Å²) < 4.78 is 19.7. The van der Waals surface area contributed by atoms with Crippen LogP contribution in [-0.2, 0) is 5.33 Å². The van der Waals surface area contributed by atoms with E-state index < -0.39 is 0 Å². The molecule has 0 saturated heterocycles. The number of hydrogen-bond acceptors (Lipinski definition) is 2. The van der Waals surface area contributed by atoms with Gasteiger partial charge in [0.05, 0.1) is 11.8 Å². The average Bonchev–Trinajstić information content (AvgIpc) is 2.64. The fraction of sp³-hybridized carbons (Fsp3) is 0.200. The Hall–Kier alpha value is -0.610. The third kappa shape index (κ3) is 1.42. The number of ether oxygens (including phenoxy) is 1. The molecule has 14 heavy (non-hydrogen) atoms. The molecule has 0 aliphatic rings. The Morgan fingerprint density at radius 2 is 2.36 bits per heavy atom. The van der Waals surface area contributed by atoms with Gasteiger partial charge in [0.1, 0.15) is 0 Å². The topological polar surface area (TPSA) is 9.23 Å². The van der Waals surface area contributed by atoms with Crippen molar-refractivity contribution in [3.63, 3.8) is 0 Å². The van der Waals surface area contributed by atoms with Gasteiger partial charge >= 0.3 is 0 Å². The van der Waals surface area contributed by atoms with Crippen LogP contribution >= 0.6 is 27.3 Å². The molecule has 0 N–H and O–H groups in total. The summed E-state index contributed by atoms with van der Waals surface area (Å²) in [6.45, 7) is 0. The van der Waals surface area contributed by atoms with Crippen LogP contribution in [0.5, 0.6) is 5.75 Å². The molecular weight excluding hydrogens is 267 g/mol. The van der Waals surface area contributed by atoms with Crippen molar-refractivity contribution in [1.29, 1.82) is 0 Å². The van der Waals surface area contributed by atoms with Gasteiger partial charge in [-0.2, -0.15) is 0 Å². The van der Waals surface area contributed by atoms with Gasteiger partial charge in [-0.05, 0) is 22.9 Å². The van der Waals surface area contributed by atoms with Crippen molar-refractivity contribution in [2.24, 2.45) is 0 Å². The van der Waals surface area contributed by atoms with Crippen LogP contribution in [0.1, 0.15) is 5.56 Å². The first-order valence-corrected chi connectivity index (χ1v) is 6.06. The molecule has 0 aliphatic carbocycles. The van der Waals surface area contributed by atoms with Crippen molar-refractivity contribution in [3.8, 4) is 5.75 Å². The number of methoxy groups -OCH3 is 1. The molecule has 0 spiro atoms. The molecule has 2 aromatic rings. The number of alkyl halides is 1. The Morgan fingerprint density at radius 1 is 1.57 bits per heavy atom. The largest absolute Gasteiger partial charge is 0.492 e. The number of benzene rings is 1. The van der Waals surface area contributed by atoms with Gasteiger partial charge < -0.3 is 4.74 Å². The molecule has 2 rings (SSSR count). The summed E-state index contributed by atoms with van der Waals surface area (Å²) in [7, 11) is 1.50. The molecule has 0 aliphatic heterocycles. The zero-order valence-electron chi connectivity index (χ0n) is 7.51. The molecule has 1 nitrogen and oxygen atoms in total. The molecule has 4 heteroatoms. The first-order valence-electron chi connectivity index (χ1n) is 4.06. The number of fused-ring (bicyclic) bond motifs is 1. The van der Waals surface area contributed by atoms with E-state index in [2.05, 4.69) is 15.9 Å². The minimum absolute atomic E-state index is 0.265. The van der Waals surface area contributed by atoms with Crippen molar-refractivity contribution in [1.82, 2.24) is 0 Å². The molecule has 74 valence electrons. The maximum atomic E-state index is 13.7. The van der Waals surface area contributed by atoms with Gasteiger partial charge in [-0.25, -0.2) is 4.39 Å². The minimum atomic E-state index is -0.265. The number of hydrogen-bond donors (Lipinski definition) is 0. The monoisotopic (exact) mass is 274 g/mol. The third-order valence-electron chi connectivity index (χ3n) is 2.06. The van der Waals surface area contributed by atoms with Crippen LogP contribution < -0.4 is 4.74 Å². The van der Waals surface area contributed by atoms with Gasteiger partial charge in [-0.15, -0.1) is 11.3 Å². The van der Waals surface area contributed by atoms with E-state index in [1.807, 2.05) is 17.5 Å². The summed E-state index contributed by atoms with van der Waals surface area (Å²) in [5.74, 6) is 0.0891. The molecule has 0 radical (unpaired) electrons. The van der Waals surface area contributed by atoms with Crippen LogP contribution in [0, 0.1) is 5.82 Å². The Labute approximate surface area is 93.6 Å². The molecule has 1 aromatic heterocycles. The molecule has 1 aromatic carbocycles. The fourth-order valence-electron chi connectivity index (χ4n) is 1.39. The second-order valence-electron chi connectivity index (χ2n) is 2.86. The summed E-state index contributed by atoms with van der Waals surface area (Å²) in [6, 6.07) is 3.81. The van der Waals surface area contributed by atoms with Crippen LogP contribution in [-0.4, -0.2) is 7.11 Å². The summed E-state index contributed by atoms with van der Waals surface area (Å²) in [6.07, 6.45) is 0. The number of halogens is 2. The van der Waals surface area contributed by atoms with Gasteiger partial charge in [0.25, 0.3) is 0 Å². The molecular formula is C10H8BrFOS. The molecule has 0 atom stereocenters. The van der Waals surface area contributed by atoms with Crippen molar-refractivity contribution in [2.45, 2.75) is 5.33 Å². The van der Waals surface area contributed by atoms with E-state index >= 15 is 0 Å². The lowest BCUT2D eigenvalue weighted by Gasteiger charge is -2.06. The Bertz CT molecular complexity index is 466. The highest BCUT2D eigenvalue weighted by atomic mass is 79.9. The lowest BCUT2D eigenvalue weighted by atomic mass is 10.1. The average molecular weight is 275 g/mol. The summed E-state index contributed by atoms with van der Waals surface area (Å²) in [5, 5.41) is 3.47. The van der Waals surface area contributed by atoms with Gasteiger partial charge in [-0.3, -0.25) is 0 Å². The lowest BCUT2D eigenvalue weighted by Crippen LogP contribution is -1.92. The van der Waals surface area contributed by atoms with E-state index in [-0.39, 0.29) is 5.82 Å².